The molecule has 6 nitrogen and oxygen atoms in total. The number of anilines is 1. The van der Waals surface area contributed by atoms with Gasteiger partial charge in [0.2, 0.25) is 5.13 Å². The largest absolute Gasteiger partial charge is 0.507 e. The van der Waals surface area contributed by atoms with E-state index in [0.717, 1.165) is 11.1 Å². The zero-order chi connectivity index (χ0) is 21.5. The summed E-state index contributed by atoms with van der Waals surface area (Å²) in [4.78, 5) is 27.2. The summed E-state index contributed by atoms with van der Waals surface area (Å²) in [6, 6.07) is 15.7. The third-order valence-corrected chi connectivity index (χ3v) is 5.83. The quantitative estimate of drug-likeness (QED) is 0.385. The van der Waals surface area contributed by atoms with Crippen LogP contribution in [0.25, 0.3) is 5.76 Å². The van der Waals surface area contributed by atoms with Crippen molar-refractivity contribution >= 4 is 33.9 Å². The summed E-state index contributed by atoms with van der Waals surface area (Å²) in [5, 5.41) is 19.1. The third kappa shape index (κ3) is 3.41. The first-order chi connectivity index (χ1) is 14.3. The molecule has 1 amide bonds. The molecule has 152 valence electrons. The van der Waals surface area contributed by atoms with E-state index in [1.165, 1.54) is 21.7 Å². The molecule has 0 bridgehead atoms. The van der Waals surface area contributed by atoms with Gasteiger partial charge >= 0.3 is 5.91 Å². The van der Waals surface area contributed by atoms with Crippen molar-refractivity contribution in [1.82, 2.24) is 10.2 Å². The van der Waals surface area contributed by atoms with Gasteiger partial charge in [-0.25, -0.2) is 0 Å². The summed E-state index contributed by atoms with van der Waals surface area (Å²) in [6.45, 7) is 6.35. The molecule has 2 aromatic carbocycles. The number of benzene rings is 2. The molecule has 1 aromatic heterocycles. The average Bonchev–Trinajstić information content (AvgIpc) is 3.35. The maximum Gasteiger partial charge on any atom is 0.301 e. The number of aliphatic hydroxyl groups excluding tert-OH is 1. The fraction of sp³-hybridized carbons (Fsp3) is 0.217. The Balaban J connectivity index is 1.90. The molecular weight excluding hydrogens is 398 g/mol. The fourth-order valence-electron chi connectivity index (χ4n) is 3.53. The highest BCUT2D eigenvalue weighted by Crippen LogP contribution is 2.42. The number of aromatic nitrogens is 2. The van der Waals surface area contributed by atoms with Crippen molar-refractivity contribution in [1.29, 1.82) is 0 Å². The van der Waals surface area contributed by atoms with Crippen molar-refractivity contribution in [2.45, 2.75) is 32.2 Å². The number of carbonyl (C=O) groups is 2. The van der Waals surface area contributed by atoms with E-state index in [0.29, 0.717) is 10.7 Å². The predicted molar refractivity (Wildman–Crippen MR) is 116 cm³/mol. The van der Waals surface area contributed by atoms with Crippen LogP contribution in [0.4, 0.5) is 5.13 Å². The first kappa shape index (κ1) is 20.0. The summed E-state index contributed by atoms with van der Waals surface area (Å²) >= 11 is 1.17. The first-order valence-electron chi connectivity index (χ1n) is 9.52. The summed E-state index contributed by atoms with van der Waals surface area (Å²) < 4.78 is 0. The van der Waals surface area contributed by atoms with Gasteiger partial charge in [0.25, 0.3) is 5.78 Å². The van der Waals surface area contributed by atoms with Gasteiger partial charge in [0.1, 0.15) is 11.3 Å². The molecule has 0 spiro atoms. The van der Waals surface area contributed by atoms with Gasteiger partial charge in [-0.1, -0.05) is 86.7 Å². The smallest absolute Gasteiger partial charge is 0.301 e. The van der Waals surface area contributed by atoms with Crippen LogP contribution in [-0.2, 0) is 15.0 Å². The molecule has 0 saturated carbocycles. The number of hydrogen-bond donors (Lipinski definition) is 1. The number of Topliss-reactive ketones (excluding diaryl/α,β-unsaturated/α-hetero) is 1. The maximum atomic E-state index is 13.0. The molecule has 1 fully saturated rings. The Labute approximate surface area is 178 Å². The molecular formula is C23H21N3O3S. The van der Waals surface area contributed by atoms with Crippen LogP contribution in [0.1, 0.15) is 43.5 Å². The number of hydrogen-bond acceptors (Lipinski definition) is 6. The fourth-order valence-corrected chi connectivity index (χ4v) is 4.12. The minimum atomic E-state index is -0.785. The van der Waals surface area contributed by atoms with E-state index in [2.05, 4.69) is 31.0 Å². The predicted octanol–water partition coefficient (Wildman–Crippen LogP) is 4.46. The average molecular weight is 420 g/mol. The minimum Gasteiger partial charge on any atom is -0.507 e. The number of rotatable bonds is 3. The van der Waals surface area contributed by atoms with Crippen molar-refractivity contribution < 1.29 is 14.7 Å². The third-order valence-electron chi connectivity index (χ3n) is 5.14. The summed E-state index contributed by atoms with van der Waals surface area (Å²) in [5.41, 5.74) is 3.83. The zero-order valence-electron chi connectivity index (χ0n) is 16.9. The van der Waals surface area contributed by atoms with Gasteiger partial charge in [0, 0.05) is 5.56 Å². The van der Waals surface area contributed by atoms with Crippen LogP contribution in [0.2, 0.25) is 0 Å². The number of carbonyl (C=O) groups excluding carboxylic acids is 2. The van der Waals surface area contributed by atoms with Crippen molar-refractivity contribution in [3.8, 4) is 0 Å². The van der Waals surface area contributed by atoms with Gasteiger partial charge in [-0.3, -0.25) is 14.5 Å². The Kier molecular flexibility index (Phi) is 4.99. The highest BCUT2D eigenvalue weighted by Gasteiger charge is 2.48. The number of nitrogens with zero attached hydrogens (tertiary/aromatic N) is 3. The molecule has 0 aliphatic carbocycles. The van der Waals surface area contributed by atoms with E-state index in [4.69, 9.17) is 0 Å². The second-order valence-corrected chi connectivity index (χ2v) is 8.94. The topological polar surface area (TPSA) is 83.4 Å². The van der Waals surface area contributed by atoms with Gasteiger partial charge in [-0.2, -0.15) is 0 Å². The summed E-state index contributed by atoms with van der Waals surface area (Å²) in [5.74, 6) is -1.67. The second kappa shape index (κ2) is 7.50. The Morgan fingerprint density at radius 2 is 1.70 bits per heavy atom. The zero-order valence-corrected chi connectivity index (χ0v) is 17.7. The SMILES string of the molecule is CC(C)(C)c1ccc(C2/C(=C(/O)c3ccccc3)C(=O)C(=O)N2c2nncs2)cc1. The molecule has 4 rings (SSSR count). The highest BCUT2D eigenvalue weighted by atomic mass is 32.1. The number of aliphatic hydroxyl groups is 1. The Morgan fingerprint density at radius 3 is 2.27 bits per heavy atom. The normalized spacial score (nSPS) is 18.8. The molecule has 1 aliphatic rings. The molecule has 0 radical (unpaired) electrons. The number of amides is 1. The second-order valence-electron chi connectivity index (χ2n) is 8.13. The van der Waals surface area contributed by atoms with Crippen molar-refractivity contribution in [3.05, 3.63) is 82.4 Å². The molecule has 3 aromatic rings. The number of ketones is 1. The van der Waals surface area contributed by atoms with Gasteiger partial charge in [0.05, 0.1) is 11.6 Å². The van der Waals surface area contributed by atoms with Crippen LogP contribution in [0, 0.1) is 0 Å². The molecule has 1 aliphatic heterocycles. The van der Waals surface area contributed by atoms with Crippen LogP contribution in [0.5, 0.6) is 0 Å². The molecule has 2 heterocycles. The van der Waals surface area contributed by atoms with Gasteiger partial charge in [-0.15, -0.1) is 10.2 Å². The molecule has 1 N–H and O–H groups in total. The van der Waals surface area contributed by atoms with Crippen LogP contribution >= 0.6 is 11.3 Å². The molecule has 1 saturated heterocycles. The van der Waals surface area contributed by atoms with Crippen LogP contribution in [0.3, 0.4) is 0 Å². The Bertz CT molecular complexity index is 1110. The van der Waals surface area contributed by atoms with E-state index in [9.17, 15) is 14.7 Å². The van der Waals surface area contributed by atoms with E-state index >= 15 is 0 Å². The van der Waals surface area contributed by atoms with Crippen molar-refractivity contribution in [2.75, 3.05) is 4.90 Å². The van der Waals surface area contributed by atoms with Gasteiger partial charge in [-0.05, 0) is 16.5 Å². The van der Waals surface area contributed by atoms with E-state index in [-0.39, 0.29) is 16.7 Å². The van der Waals surface area contributed by atoms with Crippen molar-refractivity contribution in [2.24, 2.45) is 0 Å². The van der Waals surface area contributed by atoms with E-state index < -0.39 is 17.7 Å². The Hall–Kier alpha value is -3.32. The lowest BCUT2D eigenvalue weighted by molar-refractivity contribution is -0.132. The van der Waals surface area contributed by atoms with Gasteiger partial charge in [0.15, 0.2) is 0 Å². The molecule has 7 heteroatoms. The minimum absolute atomic E-state index is 0.0381. The molecule has 1 atom stereocenters. The maximum absolute atomic E-state index is 13.0. The van der Waals surface area contributed by atoms with E-state index in [1.807, 2.05) is 30.3 Å². The summed E-state index contributed by atoms with van der Waals surface area (Å²) in [6.07, 6.45) is 0. The van der Waals surface area contributed by atoms with Crippen molar-refractivity contribution in [3.63, 3.8) is 0 Å². The lowest BCUT2D eigenvalue weighted by Gasteiger charge is -2.24. The van der Waals surface area contributed by atoms with Crippen LogP contribution in [0.15, 0.2) is 65.7 Å². The molecule has 1 unspecified atom stereocenters. The molecule has 30 heavy (non-hydrogen) atoms. The monoisotopic (exact) mass is 419 g/mol. The van der Waals surface area contributed by atoms with Crippen LogP contribution < -0.4 is 4.90 Å². The van der Waals surface area contributed by atoms with Crippen LogP contribution in [-0.4, -0.2) is 27.0 Å². The Morgan fingerprint density at radius 1 is 1.03 bits per heavy atom. The first-order valence-corrected chi connectivity index (χ1v) is 10.4. The highest BCUT2D eigenvalue weighted by molar-refractivity contribution is 7.13. The van der Waals surface area contributed by atoms with Gasteiger partial charge < -0.3 is 5.11 Å². The lowest BCUT2D eigenvalue weighted by atomic mass is 9.85. The summed E-state index contributed by atoms with van der Waals surface area (Å²) in [7, 11) is 0. The van der Waals surface area contributed by atoms with E-state index in [1.54, 1.807) is 24.3 Å². The standard InChI is InChI=1S/C23H21N3O3S/c1-23(2,3)16-11-9-14(10-12-16)18-17(19(27)15-7-5-4-6-8-15)20(28)21(29)26(18)22-25-24-13-30-22/h4-13,18,27H,1-3H3/b19-17-. The lowest BCUT2D eigenvalue weighted by Crippen LogP contribution is -2.29.